The summed E-state index contributed by atoms with van der Waals surface area (Å²) in [7, 11) is 0. The molecule has 0 aromatic rings. The van der Waals surface area contributed by atoms with E-state index in [2.05, 4.69) is 5.32 Å². The Hall–Kier alpha value is -0.0800. The van der Waals surface area contributed by atoms with Gasteiger partial charge in [-0.2, -0.15) is 0 Å². The van der Waals surface area contributed by atoms with E-state index in [0.717, 1.165) is 24.4 Å². The molecule has 2 bridgehead atoms. The molecular formula is C6H12N2. The van der Waals surface area contributed by atoms with Gasteiger partial charge in [0.1, 0.15) is 0 Å². The van der Waals surface area contributed by atoms with Gasteiger partial charge in [0, 0.05) is 6.04 Å². The minimum absolute atomic E-state index is 0.796. The van der Waals surface area contributed by atoms with Crippen LogP contribution >= 0.6 is 0 Å². The second kappa shape index (κ2) is 1.45. The van der Waals surface area contributed by atoms with Crippen molar-refractivity contribution in [3.8, 4) is 0 Å². The number of nitrogens with two attached hydrogens (primary N) is 1. The summed E-state index contributed by atoms with van der Waals surface area (Å²) in [5, 5.41) is 3.41. The average Bonchev–Trinajstić information content (AvgIpc) is 2.19. The molecule has 1 aliphatic carbocycles. The topological polar surface area (TPSA) is 38.0 Å². The van der Waals surface area contributed by atoms with E-state index in [-0.39, 0.29) is 0 Å². The first-order chi connectivity index (χ1) is 3.92. The van der Waals surface area contributed by atoms with Crippen molar-refractivity contribution in [2.75, 3.05) is 13.1 Å². The Balaban J connectivity index is 2.02. The van der Waals surface area contributed by atoms with Crippen LogP contribution in [0.3, 0.4) is 0 Å². The molecule has 2 heteroatoms. The predicted molar refractivity (Wildman–Crippen MR) is 32.4 cm³/mol. The fraction of sp³-hybridized carbons (Fsp3) is 1.00. The van der Waals surface area contributed by atoms with Crippen molar-refractivity contribution >= 4 is 0 Å². The monoisotopic (exact) mass is 112 g/mol. The molecule has 8 heavy (non-hydrogen) atoms. The van der Waals surface area contributed by atoms with Gasteiger partial charge in [0.2, 0.25) is 0 Å². The summed E-state index contributed by atoms with van der Waals surface area (Å²) in [6.45, 7) is 2.12. The van der Waals surface area contributed by atoms with Crippen molar-refractivity contribution in [1.29, 1.82) is 0 Å². The summed E-state index contributed by atoms with van der Waals surface area (Å²) in [4.78, 5) is 0. The van der Waals surface area contributed by atoms with Crippen LogP contribution in [0.25, 0.3) is 0 Å². The lowest BCUT2D eigenvalue weighted by atomic mass is 9.74. The molecule has 0 radical (unpaired) electrons. The van der Waals surface area contributed by atoms with Crippen molar-refractivity contribution in [3.05, 3.63) is 0 Å². The summed E-state index contributed by atoms with van der Waals surface area (Å²) in [5.74, 6) is 1.76. The van der Waals surface area contributed by atoms with E-state index >= 15 is 0 Å². The van der Waals surface area contributed by atoms with Crippen LogP contribution in [0.15, 0.2) is 0 Å². The number of fused-ring (bicyclic) bond motifs is 1. The molecule has 2 saturated heterocycles. The van der Waals surface area contributed by atoms with Gasteiger partial charge in [0.05, 0.1) is 0 Å². The zero-order valence-corrected chi connectivity index (χ0v) is 4.93. The third-order valence-electron chi connectivity index (χ3n) is 2.59. The molecule has 3 fully saturated rings. The van der Waals surface area contributed by atoms with Crippen LogP contribution in [-0.4, -0.2) is 19.1 Å². The highest BCUT2D eigenvalue weighted by Gasteiger charge is 2.45. The molecule has 2 heterocycles. The Bertz CT molecular complexity index is 88.7. The van der Waals surface area contributed by atoms with Crippen LogP contribution in [-0.2, 0) is 0 Å². The van der Waals surface area contributed by atoms with Crippen LogP contribution in [0.4, 0.5) is 0 Å². The molecule has 46 valence electrons. The van der Waals surface area contributed by atoms with E-state index in [1.165, 1.54) is 13.0 Å². The predicted octanol–water partition coefficient (Wildman–Crippen LogP) is -0.447. The highest BCUT2D eigenvalue weighted by Crippen LogP contribution is 2.38. The summed E-state index contributed by atoms with van der Waals surface area (Å²) in [6, 6.07) is 0.796. The van der Waals surface area contributed by atoms with Crippen LogP contribution in [0.2, 0.25) is 0 Å². The summed E-state index contributed by atoms with van der Waals surface area (Å²) < 4.78 is 0. The quantitative estimate of drug-likeness (QED) is 0.482. The van der Waals surface area contributed by atoms with E-state index < -0.39 is 0 Å². The Morgan fingerprint density at radius 3 is 2.75 bits per heavy atom. The average molecular weight is 112 g/mol. The normalized spacial score (nSPS) is 51.4. The third kappa shape index (κ3) is 0.400. The fourth-order valence-electron chi connectivity index (χ4n) is 1.94. The maximum Gasteiger partial charge on any atom is 0.0114 e. The summed E-state index contributed by atoms with van der Waals surface area (Å²) >= 11 is 0. The highest BCUT2D eigenvalue weighted by molar-refractivity contribution is 5.02. The third-order valence-corrected chi connectivity index (χ3v) is 2.59. The van der Waals surface area contributed by atoms with Crippen LogP contribution in [0.1, 0.15) is 6.42 Å². The second-order valence-corrected chi connectivity index (χ2v) is 2.91. The molecule has 0 amide bonds. The van der Waals surface area contributed by atoms with Gasteiger partial charge in [-0.05, 0) is 31.3 Å². The van der Waals surface area contributed by atoms with E-state index in [0.29, 0.717) is 0 Å². The molecule has 3 aliphatic rings. The lowest BCUT2D eigenvalue weighted by Crippen LogP contribution is -2.41. The van der Waals surface area contributed by atoms with Gasteiger partial charge in [0.15, 0.2) is 0 Å². The molecule has 0 aromatic heterocycles. The zero-order chi connectivity index (χ0) is 5.56. The highest BCUT2D eigenvalue weighted by atomic mass is 15.0. The van der Waals surface area contributed by atoms with Crippen LogP contribution < -0.4 is 11.1 Å². The smallest absolute Gasteiger partial charge is 0.0114 e. The van der Waals surface area contributed by atoms with Gasteiger partial charge in [-0.3, -0.25) is 0 Å². The minimum atomic E-state index is 0.796. The maximum absolute atomic E-state index is 5.51. The lowest BCUT2D eigenvalue weighted by molar-refractivity contribution is 0.224. The molecule has 2 nitrogen and oxygen atoms in total. The standard InChI is InChI=1S/C6H12N2/c7-2-5-4-1-6(5)8-3-4/h4-6,8H,1-3,7H2/t4-,5+,6-/m1/s1. The summed E-state index contributed by atoms with van der Waals surface area (Å²) in [6.07, 6.45) is 1.39. The number of hydrogen-bond donors (Lipinski definition) is 2. The van der Waals surface area contributed by atoms with Gasteiger partial charge >= 0.3 is 0 Å². The van der Waals surface area contributed by atoms with Crippen molar-refractivity contribution < 1.29 is 0 Å². The first-order valence-electron chi connectivity index (χ1n) is 3.35. The molecule has 2 aliphatic heterocycles. The van der Waals surface area contributed by atoms with Crippen molar-refractivity contribution in [2.45, 2.75) is 12.5 Å². The molecule has 3 rings (SSSR count). The Morgan fingerprint density at radius 1 is 1.62 bits per heavy atom. The Labute approximate surface area is 49.4 Å². The first-order valence-corrected chi connectivity index (χ1v) is 3.35. The number of hydrogen-bond acceptors (Lipinski definition) is 2. The molecule has 3 N–H and O–H groups in total. The Morgan fingerprint density at radius 2 is 2.50 bits per heavy atom. The minimum Gasteiger partial charge on any atom is -0.330 e. The van der Waals surface area contributed by atoms with Crippen LogP contribution in [0.5, 0.6) is 0 Å². The maximum atomic E-state index is 5.51. The molecule has 0 spiro atoms. The second-order valence-electron chi connectivity index (χ2n) is 2.91. The molecular weight excluding hydrogens is 100 g/mol. The van der Waals surface area contributed by atoms with Gasteiger partial charge in [-0.15, -0.1) is 0 Å². The largest absolute Gasteiger partial charge is 0.330 e. The van der Waals surface area contributed by atoms with Gasteiger partial charge in [-0.25, -0.2) is 0 Å². The Kier molecular flexibility index (Phi) is 0.866. The van der Waals surface area contributed by atoms with E-state index in [1.54, 1.807) is 0 Å². The molecule has 3 atom stereocenters. The number of nitrogens with one attached hydrogen (secondary N) is 1. The van der Waals surface area contributed by atoms with Crippen molar-refractivity contribution in [1.82, 2.24) is 5.32 Å². The van der Waals surface area contributed by atoms with E-state index in [1.807, 2.05) is 0 Å². The van der Waals surface area contributed by atoms with Crippen LogP contribution in [0, 0.1) is 11.8 Å². The van der Waals surface area contributed by atoms with Crippen molar-refractivity contribution in [3.63, 3.8) is 0 Å². The lowest BCUT2D eigenvalue weighted by Gasteiger charge is -2.33. The van der Waals surface area contributed by atoms with E-state index in [9.17, 15) is 0 Å². The van der Waals surface area contributed by atoms with Crippen molar-refractivity contribution in [2.24, 2.45) is 17.6 Å². The van der Waals surface area contributed by atoms with Gasteiger partial charge in [-0.1, -0.05) is 0 Å². The molecule has 0 unspecified atom stereocenters. The fourth-order valence-corrected chi connectivity index (χ4v) is 1.94. The zero-order valence-electron chi connectivity index (χ0n) is 4.93. The first kappa shape index (κ1) is 4.77. The van der Waals surface area contributed by atoms with Gasteiger partial charge < -0.3 is 11.1 Å². The van der Waals surface area contributed by atoms with E-state index in [4.69, 9.17) is 5.73 Å². The molecule has 1 saturated carbocycles. The van der Waals surface area contributed by atoms with Gasteiger partial charge in [0.25, 0.3) is 0 Å². The molecule has 0 aromatic carbocycles. The number of rotatable bonds is 1. The summed E-state index contributed by atoms with van der Waals surface area (Å²) in [5.41, 5.74) is 5.51. The SMILES string of the molecule is NC[C@H]1[C@H]2CN[C@@H]1C2.